The minimum Gasteiger partial charge on any atom is -0.396 e. The highest BCUT2D eigenvalue weighted by Crippen LogP contribution is 2.21. The normalized spacial score (nSPS) is 17.7. The van der Waals surface area contributed by atoms with Crippen molar-refractivity contribution in [3.8, 4) is 0 Å². The zero-order valence-corrected chi connectivity index (χ0v) is 18.5. The molecule has 1 aliphatic heterocycles. The number of nitrogens with zero attached hydrogens (tertiary/aromatic N) is 2. The molecule has 2 rings (SSSR count). The van der Waals surface area contributed by atoms with Crippen LogP contribution in [0.4, 0.5) is 4.39 Å². The SMILES string of the molecule is CCNC(=NCC(C)CO)NCC(c1ccc(F)cc1)N1CCOCC1.I. The Morgan fingerprint density at radius 3 is 2.52 bits per heavy atom. The Labute approximate surface area is 178 Å². The van der Waals surface area contributed by atoms with E-state index in [0.717, 1.165) is 31.2 Å². The third-order valence-electron chi connectivity index (χ3n) is 4.42. The highest BCUT2D eigenvalue weighted by Gasteiger charge is 2.23. The smallest absolute Gasteiger partial charge is 0.191 e. The number of morpholine rings is 1. The molecule has 1 fully saturated rings. The zero-order chi connectivity index (χ0) is 18.8. The van der Waals surface area contributed by atoms with Crippen LogP contribution < -0.4 is 10.6 Å². The number of nitrogens with one attached hydrogen (secondary N) is 2. The van der Waals surface area contributed by atoms with E-state index in [1.165, 1.54) is 12.1 Å². The molecule has 0 spiro atoms. The van der Waals surface area contributed by atoms with Gasteiger partial charge in [-0.15, -0.1) is 24.0 Å². The molecule has 1 aromatic rings. The van der Waals surface area contributed by atoms with Crippen LogP contribution in [0, 0.1) is 11.7 Å². The number of rotatable bonds is 8. The van der Waals surface area contributed by atoms with E-state index in [4.69, 9.17) is 4.74 Å². The van der Waals surface area contributed by atoms with Crippen molar-refractivity contribution in [2.75, 3.05) is 52.5 Å². The van der Waals surface area contributed by atoms with Crippen LogP contribution in [0.25, 0.3) is 0 Å². The van der Waals surface area contributed by atoms with Crippen LogP contribution in [0.3, 0.4) is 0 Å². The summed E-state index contributed by atoms with van der Waals surface area (Å²) in [6, 6.07) is 6.80. The first-order chi connectivity index (χ1) is 12.6. The standard InChI is InChI=1S/C19H31FN4O2.HI/c1-3-21-19(22-12-15(2)14-25)23-13-18(24-8-10-26-11-9-24)16-4-6-17(20)7-5-16;/h4-7,15,18,25H,3,8-14H2,1-2H3,(H2,21,22,23);1H. The number of hydrogen-bond donors (Lipinski definition) is 3. The maximum absolute atomic E-state index is 13.3. The lowest BCUT2D eigenvalue weighted by atomic mass is 10.0. The lowest BCUT2D eigenvalue weighted by Gasteiger charge is -2.35. The maximum Gasteiger partial charge on any atom is 0.191 e. The Morgan fingerprint density at radius 1 is 1.26 bits per heavy atom. The second kappa shape index (κ2) is 13.2. The van der Waals surface area contributed by atoms with Crippen LogP contribution in [0.1, 0.15) is 25.5 Å². The van der Waals surface area contributed by atoms with Gasteiger partial charge in [0.1, 0.15) is 5.82 Å². The molecule has 0 aromatic heterocycles. The predicted octanol–water partition coefficient (Wildman–Crippen LogP) is 2.00. The first-order valence-electron chi connectivity index (χ1n) is 9.34. The van der Waals surface area contributed by atoms with Gasteiger partial charge in [0.2, 0.25) is 0 Å². The minimum absolute atomic E-state index is 0. The molecule has 1 aromatic carbocycles. The number of aliphatic imine (C=N–C) groups is 1. The fourth-order valence-corrected chi connectivity index (χ4v) is 2.87. The van der Waals surface area contributed by atoms with Crippen molar-refractivity contribution in [2.24, 2.45) is 10.9 Å². The number of hydrogen-bond acceptors (Lipinski definition) is 4. The van der Waals surface area contributed by atoms with Crippen molar-refractivity contribution in [1.29, 1.82) is 0 Å². The van der Waals surface area contributed by atoms with E-state index in [2.05, 4.69) is 20.5 Å². The summed E-state index contributed by atoms with van der Waals surface area (Å²) in [5.41, 5.74) is 1.07. The minimum atomic E-state index is -0.227. The van der Waals surface area contributed by atoms with Gasteiger partial charge >= 0.3 is 0 Å². The van der Waals surface area contributed by atoms with Crippen LogP contribution in [-0.4, -0.2) is 68.5 Å². The Hall–Kier alpha value is -0.970. The first-order valence-corrected chi connectivity index (χ1v) is 9.34. The van der Waals surface area contributed by atoms with Gasteiger partial charge in [-0.2, -0.15) is 0 Å². The Morgan fingerprint density at radius 2 is 1.93 bits per heavy atom. The average molecular weight is 494 g/mol. The van der Waals surface area contributed by atoms with E-state index < -0.39 is 0 Å². The molecule has 2 unspecified atom stereocenters. The molecule has 0 amide bonds. The molecule has 0 radical (unpaired) electrons. The molecule has 3 N–H and O–H groups in total. The van der Waals surface area contributed by atoms with Crippen molar-refractivity contribution in [1.82, 2.24) is 15.5 Å². The summed E-state index contributed by atoms with van der Waals surface area (Å²) in [7, 11) is 0. The second-order valence-corrected chi connectivity index (χ2v) is 6.60. The lowest BCUT2D eigenvalue weighted by Crippen LogP contribution is -2.46. The summed E-state index contributed by atoms with van der Waals surface area (Å²) in [5.74, 6) is 0.626. The summed E-state index contributed by atoms with van der Waals surface area (Å²) < 4.78 is 18.8. The predicted molar refractivity (Wildman–Crippen MR) is 117 cm³/mol. The Kier molecular flexibility index (Phi) is 11.8. The highest BCUT2D eigenvalue weighted by atomic mass is 127. The fraction of sp³-hybridized carbons (Fsp3) is 0.632. The van der Waals surface area contributed by atoms with Gasteiger partial charge in [0, 0.05) is 39.3 Å². The summed E-state index contributed by atoms with van der Waals surface area (Å²) in [5, 5.41) is 15.8. The second-order valence-electron chi connectivity index (χ2n) is 6.60. The van der Waals surface area contributed by atoms with E-state index in [1.54, 1.807) is 0 Å². The molecule has 8 heteroatoms. The fourth-order valence-electron chi connectivity index (χ4n) is 2.87. The maximum atomic E-state index is 13.3. The van der Waals surface area contributed by atoms with Crippen molar-refractivity contribution in [3.63, 3.8) is 0 Å². The molecule has 1 heterocycles. The molecule has 27 heavy (non-hydrogen) atoms. The van der Waals surface area contributed by atoms with Crippen molar-refractivity contribution < 1.29 is 14.2 Å². The van der Waals surface area contributed by atoms with E-state index in [0.29, 0.717) is 26.3 Å². The number of halogens is 2. The third kappa shape index (κ3) is 8.28. The molecular formula is C19H32FIN4O2. The highest BCUT2D eigenvalue weighted by molar-refractivity contribution is 14.0. The van der Waals surface area contributed by atoms with Gasteiger partial charge in [0.05, 0.1) is 19.3 Å². The van der Waals surface area contributed by atoms with Crippen LogP contribution in [0.15, 0.2) is 29.3 Å². The van der Waals surface area contributed by atoms with E-state index in [9.17, 15) is 9.50 Å². The van der Waals surface area contributed by atoms with E-state index >= 15 is 0 Å². The number of benzene rings is 1. The quantitative estimate of drug-likeness (QED) is 0.293. The van der Waals surface area contributed by atoms with Crippen molar-refractivity contribution in [2.45, 2.75) is 19.9 Å². The number of aliphatic hydroxyl groups excluding tert-OH is 1. The van der Waals surface area contributed by atoms with Gasteiger partial charge in [-0.1, -0.05) is 19.1 Å². The molecule has 2 atom stereocenters. The van der Waals surface area contributed by atoms with Crippen molar-refractivity contribution in [3.05, 3.63) is 35.6 Å². The van der Waals surface area contributed by atoms with Crippen LogP contribution in [0.5, 0.6) is 0 Å². The first kappa shape index (κ1) is 24.1. The molecule has 1 saturated heterocycles. The summed E-state index contributed by atoms with van der Waals surface area (Å²) in [4.78, 5) is 6.89. The lowest BCUT2D eigenvalue weighted by molar-refractivity contribution is 0.0170. The van der Waals surface area contributed by atoms with Crippen LogP contribution >= 0.6 is 24.0 Å². The van der Waals surface area contributed by atoms with E-state index in [1.807, 2.05) is 26.0 Å². The number of guanidine groups is 1. The molecular weight excluding hydrogens is 462 g/mol. The molecule has 1 aliphatic rings. The zero-order valence-electron chi connectivity index (χ0n) is 16.2. The summed E-state index contributed by atoms with van der Waals surface area (Å²) >= 11 is 0. The average Bonchev–Trinajstić information content (AvgIpc) is 2.68. The van der Waals surface area contributed by atoms with Crippen molar-refractivity contribution >= 4 is 29.9 Å². The largest absolute Gasteiger partial charge is 0.396 e. The van der Waals surface area contributed by atoms with E-state index in [-0.39, 0.29) is 48.4 Å². The molecule has 0 saturated carbocycles. The topological polar surface area (TPSA) is 69.1 Å². The third-order valence-corrected chi connectivity index (χ3v) is 4.42. The molecule has 154 valence electrons. The van der Waals surface area contributed by atoms with Gasteiger partial charge in [-0.3, -0.25) is 9.89 Å². The summed E-state index contributed by atoms with van der Waals surface area (Å²) in [6.07, 6.45) is 0. The number of ether oxygens (including phenoxy) is 1. The number of aliphatic hydroxyl groups is 1. The molecule has 0 aliphatic carbocycles. The summed E-state index contributed by atoms with van der Waals surface area (Å²) in [6.45, 7) is 9.19. The van der Waals surface area contributed by atoms with Crippen LogP contribution in [0.2, 0.25) is 0 Å². The van der Waals surface area contributed by atoms with Gasteiger partial charge in [0.15, 0.2) is 5.96 Å². The Bertz CT molecular complexity index is 553. The Balaban J connectivity index is 0.00000364. The van der Waals surface area contributed by atoms with Gasteiger partial charge in [0.25, 0.3) is 0 Å². The molecule has 0 bridgehead atoms. The van der Waals surface area contributed by atoms with Gasteiger partial charge in [-0.05, 0) is 30.5 Å². The monoisotopic (exact) mass is 494 g/mol. The molecule has 6 nitrogen and oxygen atoms in total. The van der Waals surface area contributed by atoms with Gasteiger partial charge < -0.3 is 20.5 Å². The van der Waals surface area contributed by atoms with Crippen LogP contribution in [-0.2, 0) is 4.74 Å². The van der Waals surface area contributed by atoms with Gasteiger partial charge in [-0.25, -0.2) is 4.39 Å².